The van der Waals surface area contributed by atoms with Crippen LogP contribution in [0.1, 0.15) is 44.7 Å². The Kier molecular flexibility index (Phi) is 4.71. The Morgan fingerprint density at radius 2 is 1.84 bits per heavy atom. The van der Waals surface area contributed by atoms with E-state index in [0.29, 0.717) is 12.8 Å². The fourth-order valence-electron chi connectivity index (χ4n) is 2.75. The van der Waals surface area contributed by atoms with Gasteiger partial charge in [-0.2, -0.15) is 5.26 Å². The van der Waals surface area contributed by atoms with Gasteiger partial charge < -0.3 is 9.31 Å². The van der Waals surface area contributed by atoms with Gasteiger partial charge in [0.2, 0.25) is 0 Å². The van der Waals surface area contributed by atoms with Crippen LogP contribution < -0.4 is 5.46 Å². The molecule has 0 saturated carbocycles. The summed E-state index contributed by atoms with van der Waals surface area (Å²) in [6.07, 6.45) is 1.12. The summed E-state index contributed by atoms with van der Waals surface area (Å²) in [6.45, 7) is 10.1. The molecule has 7 heteroatoms. The highest BCUT2D eigenvalue weighted by molar-refractivity contribution is 7.14. The van der Waals surface area contributed by atoms with Crippen LogP contribution in [0.2, 0.25) is 0 Å². The molecule has 1 aliphatic heterocycles. The molecule has 0 atom stereocenters. The summed E-state index contributed by atoms with van der Waals surface area (Å²) in [4.78, 5) is 0. The van der Waals surface area contributed by atoms with Crippen molar-refractivity contribution in [3.05, 3.63) is 28.8 Å². The normalized spacial score (nSPS) is 18.3. The molecule has 0 bridgehead atoms. The Bertz CT molecular complexity index is 810. The lowest BCUT2D eigenvalue weighted by Gasteiger charge is -2.32. The maximum Gasteiger partial charge on any atom is 0.494 e. The van der Waals surface area contributed by atoms with Gasteiger partial charge in [-0.05, 0) is 52.1 Å². The van der Waals surface area contributed by atoms with Crippen molar-refractivity contribution in [2.45, 2.75) is 58.7 Å². The molecule has 25 heavy (non-hydrogen) atoms. The van der Waals surface area contributed by atoms with Crippen LogP contribution in [0.15, 0.2) is 18.2 Å². The van der Waals surface area contributed by atoms with E-state index in [1.165, 1.54) is 0 Å². The lowest BCUT2D eigenvalue weighted by atomic mass is 9.77. The van der Waals surface area contributed by atoms with E-state index >= 15 is 0 Å². The van der Waals surface area contributed by atoms with E-state index < -0.39 is 7.12 Å². The average Bonchev–Trinajstić information content (AvgIpc) is 3.06. The Morgan fingerprint density at radius 1 is 1.16 bits per heavy atom. The van der Waals surface area contributed by atoms with E-state index in [4.69, 9.17) is 14.6 Å². The number of nitriles is 1. The molecular weight excluding hydrogens is 333 g/mol. The number of nitrogens with zero attached hydrogens (tertiary/aromatic N) is 3. The minimum atomic E-state index is -0.406. The third kappa shape index (κ3) is 3.48. The first-order valence-electron chi connectivity index (χ1n) is 8.39. The molecule has 1 saturated heterocycles. The van der Waals surface area contributed by atoms with Gasteiger partial charge in [-0.15, -0.1) is 10.2 Å². The highest BCUT2D eigenvalue weighted by Crippen LogP contribution is 2.37. The number of rotatable bonds is 4. The van der Waals surface area contributed by atoms with E-state index in [2.05, 4.69) is 22.3 Å². The third-order valence-electron chi connectivity index (χ3n) is 4.92. The van der Waals surface area contributed by atoms with Crippen LogP contribution in [0.3, 0.4) is 0 Å². The zero-order valence-electron chi connectivity index (χ0n) is 15.3. The zero-order chi connectivity index (χ0) is 18.2. The van der Waals surface area contributed by atoms with E-state index in [1.54, 1.807) is 11.3 Å². The van der Waals surface area contributed by atoms with Crippen molar-refractivity contribution in [2.24, 2.45) is 0 Å². The quantitative estimate of drug-likeness (QED) is 0.788. The van der Waals surface area contributed by atoms with Crippen molar-refractivity contribution >= 4 is 23.9 Å². The summed E-state index contributed by atoms with van der Waals surface area (Å²) >= 11 is 1.56. The van der Waals surface area contributed by atoms with Crippen LogP contribution in [0.4, 0.5) is 0 Å². The molecule has 130 valence electrons. The molecule has 3 rings (SSSR count). The molecular formula is C18H22BN3O2S. The first-order chi connectivity index (χ1) is 11.7. The monoisotopic (exact) mass is 355 g/mol. The van der Waals surface area contributed by atoms with Gasteiger partial charge in [0.25, 0.3) is 0 Å². The Balaban J connectivity index is 1.96. The van der Waals surface area contributed by atoms with Crippen molar-refractivity contribution in [2.75, 3.05) is 0 Å². The fourth-order valence-corrected chi connectivity index (χ4v) is 3.50. The first kappa shape index (κ1) is 18.1. The van der Waals surface area contributed by atoms with Crippen LogP contribution in [-0.4, -0.2) is 28.5 Å². The average molecular weight is 355 g/mol. The molecule has 2 heterocycles. The molecule has 1 aromatic carbocycles. The van der Waals surface area contributed by atoms with Crippen LogP contribution in [-0.2, 0) is 15.7 Å². The van der Waals surface area contributed by atoms with E-state index in [0.717, 1.165) is 26.6 Å². The molecule has 1 aromatic heterocycles. The van der Waals surface area contributed by atoms with Crippen molar-refractivity contribution in [3.63, 3.8) is 0 Å². The highest BCUT2D eigenvalue weighted by Gasteiger charge is 2.51. The van der Waals surface area contributed by atoms with E-state index in [-0.39, 0.29) is 11.2 Å². The van der Waals surface area contributed by atoms with E-state index in [1.807, 2.05) is 46.8 Å². The lowest BCUT2D eigenvalue weighted by molar-refractivity contribution is 0.00578. The predicted octanol–water partition coefficient (Wildman–Crippen LogP) is 3.27. The van der Waals surface area contributed by atoms with Crippen molar-refractivity contribution in [1.82, 2.24) is 10.2 Å². The predicted molar refractivity (Wildman–Crippen MR) is 99.7 cm³/mol. The molecule has 0 N–H and O–H groups in total. The third-order valence-corrected chi connectivity index (χ3v) is 5.79. The van der Waals surface area contributed by atoms with Gasteiger partial charge in [0.05, 0.1) is 17.3 Å². The smallest absolute Gasteiger partial charge is 0.399 e. The summed E-state index contributed by atoms with van der Waals surface area (Å²) in [7, 11) is -0.406. The minimum absolute atomic E-state index is 0.376. The molecule has 2 aromatic rings. The summed E-state index contributed by atoms with van der Waals surface area (Å²) in [5.41, 5.74) is 2.32. The summed E-state index contributed by atoms with van der Waals surface area (Å²) in [5, 5.41) is 19.2. The molecule has 0 amide bonds. The van der Waals surface area contributed by atoms with Crippen molar-refractivity contribution in [1.29, 1.82) is 5.26 Å². The number of aromatic nitrogens is 2. The Morgan fingerprint density at radius 3 is 2.40 bits per heavy atom. The molecule has 1 aliphatic rings. The topological polar surface area (TPSA) is 68.0 Å². The van der Waals surface area contributed by atoms with Gasteiger partial charge in [0.1, 0.15) is 10.0 Å². The standard InChI is InChI=1S/C18H22BN3O2S/c1-12-21-22-16(25-12)15-9-8-14(11-13(15)7-6-10-20)19-23-17(2,3)18(4,5)24-19/h8-9,11H,6-7H2,1-5H3. The number of hydrogen-bond acceptors (Lipinski definition) is 6. The molecule has 0 radical (unpaired) electrons. The molecule has 1 fully saturated rings. The van der Waals surface area contributed by atoms with Gasteiger partial charge in [-0.1, -0.05) is 29.5 Å². The second kappa shape index (κ2) is 6.52. The van der Waals surface area contributed by atoms with Gasteiger partial charge in [0.15, 0.2) is 0 Å². The molecule has 0 spiro atoms. The maximum atomic E-state index is 8.99. The van der Waals surface area contributed by atoms with Gasteiger partial charge >= 0.3 is 7.12 Å². The van der Waals surface area contributed by atoms with Gasteiger partial charge in [-0.3, -0.25) is 0 Å². The number of aryl methyl sites for hydroxylation is 2. The lowest BCUT2D eigenvalue weighted by Crippen LogP contribution is -2.41. The molecule has 5 nitrogen and oxygen atoms in total. The largest absolute Gasteiger partial charge is 0.494 e. The first-order valence-corrected chi connectivity index (χ1v) is 9.21. The van der Waals surface area contributed by atoms with Crippen molar-refractivity contribution < 1.29 is 9.31 Å². The second-order valence-corrected chi connectivity index (χ2v) is 8.47. The van der Waals surface area contributed by atoms with Gasteiger partial charge in [-0.25, -0.2) is 0 Å². The highest BCUT2D eigenvalue weighted by atomic mass is 32.1. The van der Waals surface area contributed by atoms with Crippen molar-refractivity contribution in [3.8, 4) is 16.6 Å². The summed E-state index contributed by atoms with van der Waals surface area (Å²) in [5.74, 6) is 0. The second-order valence-electron chi connectivity index (χ2n) is 7.29. The Labute approximate surface area is 153 Å². The minimum Gasteiger partial charge on any atom is -0.399 e. The van der Waals surface area contributed by atoms with Crippen LogP contribution in [0.25, 0.3) is 10.6 Å². The Hall–Kier alpha value is -1.75. The zero-order valence-corrected chi connectivity index (χ0v) is 16.1. The fraction of sp³-hybridized carbons (Fsp3) is 0.500. The van der Waals surface area contributed by atoms with Crippen LogP contribution in [0, 0.1) is 18.3 Å². The maximum absolute atomic E-state index is 8.99. The van der Waals surface area contributed by atoms with Crippen LogP contribution >= 0.6 is 11.3 Å². The summed E-state index contributed by atoms with van der Waals surface area (Å²) in [6, 6.07) is 8.35. The SMILES string of the molecule is Cc1nnc(-c2ccc(B3OC(C)(C)C(C)(C)O3)cc2CCC#N)s1. The number of benzene rings is 1. The van der Waals surface area contributed by atoms with Gasteiger partial charge in [0, 0.05) is 12.0 Å². The summed E-state index contributed by atoms with van der Waals surface area (Å²) < 4.78 is 12.3. The molecule has 0 unspecified atom stereocenters. The molecule has 0 aliphatic carbocycles. The van der Waals surface area contributed by atoms with E-state index in [9.17, 15) is 0 Å². The van der Waals surface area contributed by atoms with Crippen LogP contribution in [0.5, 0.6) is 0 Å². The number of hydrogen-bond donors (Lipinski definition) is 0.